The smallest absolute Gasteiger partial charge is 0.410 e. The maximum absolute atomic E-state index is 12.5. The van der Waals surface area contributed by atoms with Crippen molar-refractivity contribution in [2.45, 2.75) is 57.7 Å². The van der Waals surface area contributed by atoms with Crippen LogP contribution >= 0.6 is 22.7 Å². The molecule has 2 saturated heterocycles. The zero-order chi connectivity index (χ0) is 19.1. The summed E-state index contributed by atoms with van der Waals surface area (Å²) in [5.74, 6) is 0. The highest BCUT2D eigenvalue weighted by atomic mass is 32.1. The highest BCUT2D eigenvalue weighted by molar-refractivity contribution is 7.14. The van der Waals surface area contributed by atoms with Gasteiger partial charge in [-0.1, -0.05) is 0 Å². The maximum Gasteiger partial charge on any atom is 0.410 e. The second-order valence-corrected chi connectivity index (χ2v) is 10.2. The molecule has 0 aromatic carbocycles. The van der Waals surface area contributed by atoms with Gasteiger partial charge in [-0.05, 0) is 51.5 Å². The van der Waals surface area contributed by atoms with Crippen molar-refractivity contribution in [3.8, 4) is 10.6 Å². The van der Waals surface area contributed by atoms with Crippen molar-refractivity contribution in [1.82, 2.24) is 14.8 Å². The third kappa shape index (κ3) is 4.05. The van der Waals surface area contributed by atoms with Crippen molar-refractivity contribution in [2.24, 2.45) is 0 Å². The lowest BCUT2D eigenvalue weighted by Gasteiger charge is -2.56. The Bertz CT molecular complexity index is 797. The van der Waals surface area contributed by atoms with Crippen LogP contribution in [0.25, 0.3) is 10.6 Å². The molecule has 0 aliphatic carbocycles. The third-order valence-electron chi connectivity index (χ3n) is 5.40. The maximum atomic E-state index is 12.5. The minimum Gasteiger partial charge on any atom is -0.444 e. The van der Waals surface area contributed by atoms with E-state index in [2.05, 4.69) is 27.1 Å². The lowest BCUT2D eigenvalue weighted by Crippen LogP contribution is -2.67. The summed E-state index contributed by atoms with van der Waals surface area (Å²) >= 11 is 3.42. The number of hydrogen-bond donors (Lipinski definition) is 0. The first kappa shape index (κ1) is 18.9. The summed E-state index contributed by atoms with van der Waals surface area (Å²) in [7, 11) is 0. The van der Waals surface area contributed by atoms with E-state index in [0.29, 0.717) is 0 Å². The van der Waals surface area contributed by atoms with Crippen molar-refractivity contribution in [2.75, 3.05) is 19.6 Å². The van der Waals surface area contributed by atoms with Gasteiger partial charge in [0.15, 0.2) is 0 Å². The Morgan fingerprint density at radius 1 is 1.30 bits per heavy atom. The Morgan fingerprint density at radius 2 is 2.15 bits per heavy atom. The van der Waals surface area contributed by atoms with Crippen LogP contribution in [0.4, 0.5) is 4.79 Å². The number of hydrogen-bond acceptors (Lipinski definition) is 6. The molecule has 0 bridgehead atoms. The first-order valence-electron chi connectivity index (χ1n) is 9.55. The van der Waals surface area contributed by atoms with E-state index >= 15 is 0 Å². The number of likely N-dealkylation sites (tertiary alicyclic amines) is 2. The lowest BCUT2D eigenvalue weighted by molar-refractivity contribution is -0.0748. The molecule has 2 fully saturated rings. The SMILES string of the molecule is CC(C)(C)OC(=O)N1CCCC2(CCN2Cc2csc(-c3ccsc3)n2)C1. The molecule has 0 saturated carbocycles. The average Bonchev–Trinajstić information content (AvgIpc) is 3.28. The Kier molecular flexibility index (Phi) is 5.03. The summed E-state index contributed by atoms with van der Waals surface area (Å²) < 4.78 is 5.60. The predicted octanol–water partition coefficient (Wildman–Crippen LogP) is 4.85. The van der Waals surface area contributed by atoms with Gasteiger partial charge < -0.3 is 9.64 Å². The van der Waals surface area contributed by atoms with Crippen molar-refractivity contribution in [1.29, 1.82) is 0 Å². The Labute approximate surface area is 169 Å². The Hall–Kier alpha value is -1.44. The standard InChI is InChI=1S/C20H27N3O2S2/c1-19(2,3)25-18(24)22-8-4-6-20(14-22)7-9-23(20)11-16-13-27-17(21-16)15-5-10-26-12-15/h5,10,12-13H,4,6-9,11,14H2,1-3H3. The topological polar surface area (TPSA) is 45.7 Å². The zero-order valence-corrected chi connectivity index (χ0v) is 17.9. The number of aromatic nitrogens is 1. The van der Waals surface area contributed by atoms with Gasteiger partial charge in [-0.3, -0.25) is 4.90 Å². The predicted molar refractivity (Wildman–Crippen MR) is 110 cm³/mol. The number of carbonyl (C=O) groups is 1. The molecule has 2 aromatic heterocycles. The van der Waals surface area contributed by atoms with Crippen LogP contribution in [-0.4, -0.2) is 51.7 Å². The molecule has 4 rings (SSSR count). The van der Waals surface area contributed by atoms with Crippen LogP contribution in [0.5, 0.6) is 0 Å². The van der Waals surface area contributed by atoms with Crippen LogP contribution < -0.4 is 0 Å². The monoisotopic (exact) mass is 405 g/mol. The van der Waals surface area contributed by atoms with E-state index in [1.54, 1.807) is 22.7 Å². The molecule has 2 aliphatic rings. The molecule has 5 nitrogen and oxygen atoms in total. The number of carbonyl (C=O) groups excluding carboxylic acids is 1. The zero-order valence-electron chi connectivity index (χ0n) is 16.2. The Balaban J connectivity index is 1.41. The van der Waals surface area contributed by atoms with Crippen molar-refractivity contribution in [3.05, 3.63) is 27.9 Å². The van der Waals surface area contributed by atoms with Crippen LogP contribution in [-0.2, 0) is 11.3 Å². The number of thiophene rings is 1. The molecule has 27 heavy (non-hydrogen) atoms. The molecule has 0 radical (unpaired) electrons. The fourth-order valence-electron chi connectivity index (χ4n) is 3.98. The van der Waals surface area contributed by atoms with Gasteiger partial charge in [0.2, 0.25) is 0 Å². The first-order valence-corrected chi connectivity index (χ1v) is 11.4. The highest BCUT2D eigenvalue weighted by Gasteiger charge is 2.48. The number of ether oxygens (including phenoxy) is 1. The summed E-state index contributed by atoms with van der Waals surface area (Å²) in [4.78, 5) is 21.8. The Morgan fingerprint density at radius 3 is 2.81 bits per heavy atom. The largest absolute Gasteiger partial charge is 0.444 e. The van der Waals surface area contributed by atoms with E-state index in [0.717, 1.165) is 56.1 Å². The fourth-order valence-corrected chi connectivity index (χ4v) is 5.51. The third-order valence-corrected chi connectivity index (χ3v) is 7.02. The molecular weight excluding hydrogens is 378 g/mol. The van der Waals surface area contributed by atoms with Crippen LogP contribution in [0.2, 0.25) is 0 Å². The second-order valence-electron chi connectivity index (χ2n) is 8.56. The summed E-state index contributed by atoms with van der Waals surface area (Å²) in [6.45, 7) is 9.28. The van der Waals surface area contributed by atoms with Gasteiger partial charge in [0.25, 0.3) is 0 Å². The molecule has 7 heteroatoms. The summed E-state index contributed by atoms with van der Waals surface area (Å²) in [6, 6.07) is 2.12. The summed E-state index contributed by atoms with van der Waals surface area (Å²) in [6.07, 6.45) is 3.15. The van der Waals surface area contributed by atoms with Gasteiger partial charge in [-0.15, -0.1) is 11.3 Å². The number of thiazole rings is 1. The molecule has 0 N–H and O–H groups in total. The normalized spacial score (nSPS) is 23.4. The van der Waals surface area contributed by atoms with E-state index < -0.39 is 5.60 Å². The summed E-state index contributed by atoms with van der Waals surface area (Å²) in [5, 5.41) is 7.51. The van der Waals surface area contributed by atoms with Crippen molar-refractivity contribution < 1.29 is 9.53 Å². The van der Waals surface area contributed by atoms with Crippen LogP contribution in [0.1, 0.15) is 45.7 Å². The molecular formula is C20H27N3O2S2. The van der Waals surface area contributed by atoms with E-state index in [1.165, 1.54) is 5.56 Å². The van der Waals surface area contributed by atoms with E-state index in [9.17, 15) is 4.79 Å². The van der Waals surface area contributed by atoms with Gasteiger partial charge in [0.1, 0.15) is 10.6 Å². The molecule has 1 atom stereocenters. The molecule has 2 aromatic rings. The number of amides is 1. The van der Waals surface area contributed by atoms with Crippen molar-refractivity contribution in [3.63, 3.8) is 0 Å². The quantitative estimate of drug-likeness (QED) is 0.732. The van der Waals surface area contributed by atoms with Crippen molar-refractivity contribution >= 4 is 28.8 Å². The molecule has 2 aliphatic heterocycles. The molecule has 1 amide bonds. The van der Waals surface area contributed by atoms with Gasteiger partial charge >= 0.3 is 6.09 Å². The first-order chi connectivity index (χ1) is 12.8. The highest BCUT2D eigenvalue weighted by Crippen LogP contribution is 2.40. The van der Waals surface area contributed by atoms with E-state index in [4.69, 9.17) is 9.72 Å². The second kappa shape index (κ2) is 7.18. The minimum atomic E-state index is -0.445. The number of nitrogens with zero attached hydrogens (tertiary/aromatic N) is 3. The molecule has 4 heterocycles. The van der Waals surface area contributed by atoms with Crippen LogP contribution in [0.15, 0.2) is 22.2 Å². The number of piperidine rings is 1. The molecule has 146 valence electrons. The number of rotatable bonds is 3. The molecule has 1 unspecified atom stereocenters. The summed E-state index contributed by atoms with van der Waals surface area (Å²) in [5.41, 5.74) is 2.00. The van der Waals surface area contributed by atoms with Gasteiger partial charge in [0.05, 0.1) is 5.69 Å². The van der Waals surface area contributed by atoms with E-state index in [1.807, 2.05) is 25.7 Å². The van der Waals surface area contributed by atoms with Crippen LogP contribution in [0, 0.1) is 0 Å². The minimum absolute atomic E-state index is 0.0985. The lowest BCUT2D eigenvalue weighted by atomic mass is 9.77. The van der Waals surface area contributed by atoms with Gasteiger partial charge in [-0.25, -0.2) is 9.78 Å². The average molecular weight is 406 g/mol. The molecule has 1 spiro atoms. The van der Waals surface area contributed by atoms with E-state index in [-0.39, 0.29) is 11.6 Å². The van der Waals surface area contributed by atoms with Gasteiger partial charge in [0, 0.05) is 48.0 Å². The fraction of sp³-hybridized carbons (Fsp3) is 0.600. The van der Waals surface area contributed by atoms with Crippen LogP contribution in [0.3, 0.4) is 0 Å². The van der Waals surface area contributed by atoms with Gasteiger partial charge in [-0.2, -0.15) is 11.3 Å².